The third kappa shape index (κ3) is 5.69. The van der Waals surface area contributed by atoms with Gasteiger partial charge < -0.3 is 15.1 Å². The summed E-state index contributed by atoms with van der Waals surface area (Å²) in [4.78, 5) is 27.2. The molecule has 0 radical (unpaired) electrons. The van der Waals surface area contributed by atoms with Crippen LogP contribution in [0.25, 0.3) is 0 Å². The van der Waals surface area contributed by atoms with Crippen molar-refractivity contribution in [3.63, 3.8) is 0 Å². The molecular formula is C19H30N4O3. The molecule has 2 amide bonds. The van der Waals surface area contributed by atoms with Crippen molar-refractivity contribution < 1.29 is 9.72 Å². The molecule has 144 valence electrons. The molecule has 0 aromatic heterocycles. The molecule has 0 spiro atoms. The van der Waals surface area contributed by atoms with E-state index < -0.39 is 4.92 Å². The highest BCUT2D eigenvalue weighted by molar-refractivity contribution is 5.89. The summed E-state index contributed by atoms with van der Waals surface area (Å²) in [5.41, 5.74) is 1.08. The zero-order chi connectivity index (χ0) is 19.1. The van der Waals surface area contributed by atoms with Crippen LogP contribution in [0.3, 0.4) is 0 Å². The molecule has 7 heteroatoms. The third-order valence-electron chi connectivity index (χ3n) is 5.02. The zero-order valence-corrected chi connectivity index (χ0v) is 16.0. The summed E-state index contributed by atoms with van der Waals surface area (Å²) in [6, 6.07) is 4.60. The first-order chi connectivity index (χ1) is 12.4. The summed E-state index contributed by atoms with van der Waals surface area (Å²) in [5, 5.41) is 13.8. The maximum Gasteiger partial charge on any atom is 0.321 e. The molecule has 1 fully saturated rings. The molecule has 1 aliphatic heterocycles. The Hall–Kier alpha value is -2.15. The number of likely N-dealkylation sites (tertiary alicyclic amines) is 1. The summed E-state index contributed by atoms with van der Waals surface area (Å²) >= 11 is 0. The Balaban J connectivity index is 1.83. The van der Waals surface area contributed by atoms with Crippen molar-refractivity contribution in [2.45, 2.75) is 39.5 Å². The molecule has 1 aromatic rings. The Morgan fingerprint density at radius 2 is 2.08 bits per heavy atom. The van der Waals surface area contributed by atoms with Gasteiger partial charge in [-0.25, -0.2) is 4.79 Å². The Morgan fingerprint density at radius 1 is 1.38 bits per heavy atom. The van der Waals surface area contributed by atoms with E-state index in [1.54, 1.807) is 24.0 Å². The van der Waals surface area contributed by atoms with Crippen molar-refractivity contribution in [3.05, 3.63) is 33.9 Å². The second-order valence-corrected chi connectivity index (χ2v) is 7.23. The number of nitro benzene ring substituents is 1. The lowest BCUT2D eigenvalue weighted by Gasteiger charge is -2.34. The maximum atomic E-state index is 12.4. The van der Waals surface area contributed by atoms with Crippen LogP contribution < -0.4 is 5.32 Å². The van der Waals surface area contributed by atoms with Crippen LogP contribution >= 0.6 is 0 Å². The molecule has 0 atom stereocenters. The zero-order valence-electron chi connectivity index (χ0n) is 16.0. The number of hydrogen-bond acceptors (Lipinski definition) is 4. The quantitative estimate of drug-likeness (QED) is 0.590. The van der Waals surface area contributed by atoms with Crippen molar-refractivity contribution in [2.75, 3.05) is 38.5 Å². The molecule has 7 nitrogen and oxygen atoms in total. The average molecular weight is 362 g/mol. The number of hydrogen-bond donors (Lipinski definition) is 1. The van der Waals surface area contributed by atoms with Crippen LogP contribution in [0.5, 0.6) is 0 Å². The number of amides is 2. The summed E-state index contributed by atoms with van der Waals surface area (Å²) in [7, 11) is 2.17. The fraction of sp³-hybridized carbons (Fsp3) is 0.632. The third-order valence-corrected chi connectivity index (χ3v) is 5.02. The minimum atomic E-state index is -0.425. The van der Waals surface area contributed by atoms with E-state index in [1.165, 1.54) is 18.9 Å². The van der Waals surface area contributed by atoms with Gasteiger partial charge in [0, 0.05) is 37.0 Å². The smallest absolute Gasteiger partial charge is 0.321 e. The molecule has 0 saturated carbocycles. The minimum Gasteiger partial charge on any atom is -0.325 e. The van der Waals surface area contributed by atoms with E-state index in [-0.39, 0.29) is 11.7 Å². The van der Waals surface area contributed by atoms with Gasteiger partial charge in [0.2, 0.25) is 0 Å². The molecule has 1 aromatic carbocycles. The molecular weight excluding hydrogens is 332 g/mol. The molecule has 1 aliphatic rings. The Morgan fingerprint density at radius 3 is 2.69 bits per heavy atom. The number of unbranched alkanes of at least 4 members (excludes halogenated alkanes) is 1. The number of nitro groups is 1. The van der Waals surface area contributed by atoms with Crippen LogP contribution in [-0.2, 0) is 0 Å². The number of nitrogens with zero attached hydrogens (tertiary/aromatic N) is 3. The van der Waals surface area contributed by atoms with Crippen molar-refractivity contribution in [2.24, 2.45) is 5.92 Å². The highest BCUT2D eigenvalue weighted by atomic mass is 16.6. The lowest BCUT2D eigenvalue weighted by atomic mass is 9.96. The monoisotopic (exact) mass is 362 g/mol. The van der Waals surface area contributed by atoms with Gasteiger partial charge in [0.05, 0.1) is 4.92 Å². The van der Waals surface area contributed by atoms with Gasteiger partial charge in [-0.3, -0.25) is 10.1 Å². The van der Waals surface area contributed by atoms with Gasteiger partial charge in [-0.1, -0.05) is 19.4 Å². The van der Waals surface area contributed by atoms with E-state index in [0.29, 0.717) is 17.2 Å². The number of benzene rings is 1. The largest absolute Gasteiger partial charge is 0.325 e. The fourth-order valence-corrected chi connectivity index (χ4v) is 3.37. The molecule has 0 bridgehead atoms. The standard InChI is InChI=1S/C19H30N4O3/c1-4-5-10-21(3)14-16-8-11-22(12-9-16)19(24)20-17-7-6-15(2)18(13-17)23(25)26/h6-7,13,16H,4-5,8-12,14H2,1-3H3,(H,20,24). The summed E-state index contributed by atoms with van der Waals surface area (Å²) < 4.78 is 0. The van der Waals surface area contributed by atoms with Crippen molar-refractivity contribution in [1.82, 2.24) is 9.80 Å². The molecule has 1 saturated heterocycles. The number of rotatable bonds is 7. The molecule has 2 rings (SSSR count). The Labute approximate surface area is 155 Å². The number of anilines is 1. The van der Waals surface area contributed by atoms with E-state index >= 15 is 0 Å². The van der Waals surface area contributed by atoms with Gasteiger partial charge in [-0.15, -0.1) is 0 Å². The van der Waals surface area contributed by atoms with Gasteiger partial charge in [0.1, 0.15) is 0 Å². The summed E-state index contributed by atoms with van der Waals surface area (Å²) in [6.07, 6.45) is 4.43. The minimum absolute atomic E-state index is 0.0247. The number of nitrogens with one attached hydrogen (secondary N) is 1. The summed E-state index contributed by atoms with van der Waals surface area (Å²) in [6.45, 7) is 7.56. The van der Waals surface area contributed by atoms with Gasteiger partial charge in [0.25, 0.3) is 5.69 Å². The van der Waals surface area contributed by atoms with E-state index in [9.17, 15) is 14.9 Å². The van der Waals surface area contributed by atoms with Crippen LogP contribution in [0.4, 0.5) is 16.2 Å². The predicted octanol–water partition coefficient (Wildman–Crippen LogP) is 3.88. The number of piperidine rings is 1. The topological polar surface area (TPSA) is 78.7 Å². The first-order valence-corrected chi connectivity index (χ1v) is 9.40. The lowest BCUT2D eigenvalue weighted by molar-refractivity contribution is -0.385. The highest BCUT2D eigenvalue weighted by Crippen LogP contribution is 2.23. The van der Waals surface area contributed by atoms with E-state index in [4.69, 9.17) is 0 Å². The highest BCUT2D eigenvalue weighted by Gasteiger charge is 2.24. The molecule has 0 aliphatic carbocycles. The van der Waals surface area contributed by atoms with Gasteiger partial charge in [-0.05, 0) is 51.8 Å². The Kier molecular flexibility index (Phi) is 7.38. The van der Waals surface area contributed by atoms with Crippen LogP contribution in [0.15, 0.2) is 18.2 Å². The number of carbonyl (C=O) groups is 1. The number of urea groups is 1. The molecule has 1 heterocycles. The van der Waals surface area contributed by atoms with E-state index in [1.807, 2.05) is 0 Å². The van der Waals surface area contributed by atoms with Gasteiger partial charge in [0.15, 0.2) is 0 Å². The van der Waals surface area contributed by atoms with Gasteiger partial charge in [-0.2, -0.15) is 0 Å². The second kappa shape index (κ2) is 9.52. The van der Waals surface area contributed by atoms with Crippen LogP contribution in [0.1, 0.15) is 38.2 Å². The maximum absolute atomic E-state index is 12.4. The van der Waals surface area contributed by atoms with E-state index in [0.717, 1.165) is 39.0 Å². The first-order valence-electron chi connectivity index (χ1n) is 9.40. The first kappa shape index (κ1) is 20.2. The van der Waals surface area contributed by atoms with Crippen LogP contribution in [0, 0.1) is 23.0 Å². The van der Waals surface area contributed by atoms with Gasteiger partial charge >= 0.3 is 6.03 Å². The fourth-order valence-electron chi connectivity index (χ4n) is 3.37. The number of carbonyl (C=O) groups excluding carboxylic acids is 1. The SMILES string of the molecule is CCCCN(C)CC1CCN(C(=O)Nc2ccc(C)c([N+](=O)[O-])c2)CC1. The Bertz CT molecular complexity index is 627. The number of aryl methyl sites for hydroxylation is 1. The van der Waals surface area contributed by atoms with Crippen LogP contribution in [0.2, 0.25) is 0 Å². The van der Waals surface area contributed by atoms with Crippen molar-refractivity contribution in [1.29, 1.82) is 0 Å². The lowest BCUT2D eigenvalue weighted by Crippen LogP contribution is -2.43. The van der Waals surface area contributed by atoms with Crippen LogP contribution in [-0.4, -0.2) is 54.0 Å². The average Bonchev–Trinajstić information content (AvgIpc) is 2.62. The molecule has 26 heavy (non-hydrogen) atoms. The second-order valence-electron chi connectivity index (χ2n) is 7.23. The normalized spacial score (nSPS) is 15.3. The van der Waals surface area contributed by atoms with Crippen molar-refractivity contribution >= 4 is 17.4 Å². The molecule has 0 unspecified atom stereocenters. The summed E-state index contributed by atoms with van der Waals surface area (Å²) in [5.74, 6) is 0.626. The molecule has 1 N–H and O–H groups in total. The predicted molar refractivity (Wildman–Crippen MR) is 104 cm³/mol. The van der Waals surface area contributed by atoms with E-state index in [2.05, 4.69) is 24.2 Å². The van der Waals surface area contributed by atoms with Crippen molar-refractivity contribution in [3.8, 4) is 0 Å².